The van der Waals surface area contributed by atoms with E-state index in [0.29, 0.717) is 17.3 Å². The molecule has 0 radical (unpaired) electrons. The van der Waals surface area contributed by atoms with Gasteiger partial charge in [-0.3, -0.25) is 4.79 Å². The predicted octanol–water partition coefficient (Wildman–Crippen LogP) is 0.403. The number of methoxy groups -OCH3 is 1. The first kappa shape index (κ1) is 8.05. The fourth-order valence-corrected chi connectivity index (χ4v) is 2.58. The van der Waals surface area contributed by atoms with Crippen LogP contribution in [0.1, 0.15) is 13.8 Å². The van der Waals surface area contributed by atoms with Crippen molar-refractivity contribution in [3.05, 3.63) is 0 Å². The summed E-state index contributed by atoms with van der Waals surface area (Å²) in [6.07, 6.45) is 0. The Morgan fingerprint density at radius 2 is 2.25 bits per heavy atom. The van der Waals surface area contributed by atoms with Gasteiger partial charge in [0.05, 0.1) is 7.11 Å². The van der Waals surface area contributed by atoms with Gasteiger partial charge in [0.2, 0.25) is 0 Å². The monoisotopic (exact) mass is 169 g/mol. The van der Waals surface area contributed by atoms with Gasteiger partial charge in [0.25, 0.3) is 0 Å². The normalized spacial score (nSPS) is 42.1. The van der Waals surface area contributed by atoms with Crippen molar-refractivity contribution >= 4 is 5.97 Å². The number of hydrogen-bond acceptors (Lipinski definition) is 3. The summed E-state index contributed by atoms with van der Waals surface area (Å²) in [7, 11) is 1.45. The van der Waals surface area contributed by atoms with Crippen LogP contribution in [-0.2, 0) is 9.53 Å². The standard InChI is InChI=1S/C9H15NO2/c1-9(2)5-4-10-7(6(5)9)8(11)12-3/h5-7,10H,4H2,1-3H3. The molecule has 1 aliphatic heterocycles. The summed E-state index contributed by atoms with van der Waals surface area (Å²) in [4.78, 5) is 11.3. The molecule has 0 bridgehead atoms. The number of piperidine rings is 1. The number of fused-ring (bicyclic) bond motifs is 1. The zero-order chi connectivity index (χ0) is 8.93. The zero-order valence-corrected chi connectivity index (χ0v) is 7.76. The minimum Gasteiger partial charge on any atom is -0.468 e. The molecule has 3 heteroatoms. The van der Waals surface area contributed by atoms with Gasteiger partial charge in [-0.1, -0.05) is 13.8 Å². The van der Waals surface area contributed by atoms with Crippen molar-refractivity contribution in [2.75, 3.05) is 13.7 Å². The quantitative estimate of drug-likeness (QED) is 0.577. The Labute approximate surface area is 72.5 Å². The van der Waals surface area contributed by atoms with Gasteiger partial charge in [0.15, 0.2) is 0 Å². The van der Waals surface area contributed by atoms with Gasteiger partial charge in [-0.05, 0) is 23.8 Å². The van der Waals surface area contributed by atoms with Gasteiger partial charge in [-0.15, -0.1) is 0 Å². The molecule has 12 heavy (non-hydrogen) atoms. The van der Waals surface area contributed by atoms with Crippen LogP contribution in [0.15, 0.2) is 0 Å². The molecule has 1 saturated heterocycles. The Kier molecular flexibility index (Phi) is 1.49. The minimum atomic E-state index is -0.104. The summed E-state index contributed by atoms with van der Waals surface area (Å²) in [6.45, 7) is 5.41. The molecule has 3 unspecified atom stereocenters. The highest BCUT2D eigenvalue weighted by atomic mass is 16.5. The van der Waals surface area contributed by atoms with Crippen LogP contribution in [0.4, 0.5) is 0 Å². The highest BCUT2D eigenvalue weighted by Crippen LogP contribution is 2.62. The molecule has 0 aromatic heterocycles. The SMILES string of the molecule is COC(=O)C1NCC2C1C2(C)C. The first-order valence-corrected chi connectivity index (χ1v) is 4.40. The van der Waals surface area contributed by atoms with Crippen LogP contribution in [0.5, 0.6) is 0 Å². The highest BCUT2D eigenvalue weighted by molar-refractivity contribution is 5.77. The third kappa shape index (κ3) is 0.829. The maximum atomic E-state index is 11.3. The topological polar surface area (TPSA) is 38.3 Å². The molecule has 0 aromatic carbocycles. The van der Waals surface area contributed by atoms with Crippen molar-refractivity contribution in [1.29, 1.82) is 0 Å². The number of rotatable bonds is 1. The van der Waals surface area contributed by atoms with E-state index in [1.54, 1.807) is 0 Å². The summed E-state index contributed by atoms with van der Waals surface area (Å²) in [5.41, 5.74) is 0.351. The molecule has 0 spiro atoms. The molecule has 1 aliphatic carbocycles. The molecular formula is C9H15NO2. The zero-order valence-electron chi connectivity index (χ0n) is 7.76. The first-order valence-electron chi connectivity index (χ1n) is 4.40. The van der Waals surface area contributed by atoms with E-state index in [1.165, 1.54) is 7.11 Å². The number of hydrogen-bond donors (Lipinski definition) is 1. The third-order valence-electron chi connectivity index (χ3n) is 3.51. The van der Waals surface area contributed by atoms with Crippen LogP contribution >= 0.6 is 0 Å². The largest absolute Gasteiger partial charge is 0.468 e. The number of carbonyl (C=O) groups excluding carboxylic acids is 1. The van der Waals surface area contributed by atoms with Gasteiger partial charge in [-0.2, -0.15) is 0 Å². The van der Waals surface area contributed by atoms with Crippen LogP contribution in [0.3, 0.4) is 0 Å². The predicted molar refractivity (Wildman–Crippen MR) is 44.6 cm³/mol. The molecule has 0 amide bonds. The number of ether oxygens (including phenoxy) is 1. The lowest BCUT2D eigenvalue weighted by Gasteiger charge is -2.16. The molecule has 2 fully saturated rings. The Balaban J connectivity index is 2.08. The third-order valence-corrected chi connectivity index (χ3v) is 3.51. The first-order chi connectivity index (χ1) is 5.59. The van der Waals surface area contributed by atoms with Gasteiger partial charge < -0.3 is 10.1 Å². The van der Waals surface area contributed by atoms with Crippen molar-refractivity contribution in [1.82, 2.24) is 5.32 Å². The lowest BCUT2D eigenvalue weighted by atomic mass is 10.0. The maximum absolute atomic E-state index is 11.3. The van der Waals surface area contributed by atoms with Crippen molar-refractivity contribution in [3.8, 4) is 0 Å². The van der Waals surface area contributed by atoms with E-state index in [0.717, 1.165) is 6.54 Å². The van der Waals surface area contributed by atoms with Gasteiger partial charge >= 0.3 is 5.97 Å². The van der Waals surface area contributed by atoms with Crippen LogP contribution < -0.4 is 5.32 Å². The van der Waals surface area contributed by atoms with E-state index in [9.17, 15) is 4.79 Å². The van der Waals surface area contributed by atoms with E-state index < -0.39 is 0 Å². The molecule has 2 aliphatic rings. The fraction of sp³-hybridized carbons (Fsp3) is 0.889. The van der Waals surface area contributed by atoms with E-state index in [1.807, 2.05) is 0 Å². The van der Waals surface area contributed by atoms with E-state index in [-0.39, 0.29) is 12.0 Å². The average molecular weight is 169 g/mol. The van der Waals surface area contributed by atoms with Crippen LogP contribution in [0.2, 0.25) is 0 Å². The Morgan fingerprint density at radius 1 is 1.58 bits per heavy atom. The van der Waals surface area contributed by atoms with E-state index in [4.69, 9.17) is 4.74 Å². The molecule has 0 aromatic rings. The molecule has 2 rings (SSSR count). The average Bonchev–Trinajstić information content (AvgIpc) is 2.52. The summed E-state index contributed by atoms with van der Waals surface area (Å²) in [5.74, 6) is 1.08. The van der Waals surface area contributed by atoms with Crippen molar-refractivity contribution < 1.29 is 9.53 Å². The second kappa shape index (κ2) is 2.22. The minimum absolute atomic E-state index is 0.0463. The summed E-state index contributed by atoms with van der Waals surface area (Å²) in [6, 6.07) is -0.0463. The number of carbonyl (C=O) groups is 1. The second-order valence-corrected chi connectivity index (χ2v) is 4.36. The van der Waals surface area contributed by atoms with Crippen molar-refractivity contribution in [3.63, 3.8) is 0 Å². The van der Waals surface area contributed by atoms with Crippen molar-refractivity contribution in [2.24, 2.45) is 17.3 Å². The fourth-order valence-electron chi connectivity index (χ4n) is 2.58. The molecule has 1 N–H and O–H groups in total. The Morgan fingerprint density at radius 3 is 2.67 bits per heavy atom. The van der Waals surface area contributed by atoms with Gasteiger partial charge in [0.1, 0.15) is 6.04 Å². The van der Waals surface area contributed by atoms with Gasteiger partial charge in [-0.25, -0.2) is 0 Å². The number of esters is 1. The Bertz CT molecular complexity index is 225. The van der Waals surface area contributed by atoms with Crippen LogP contribution in [0.25, 0.3) is 0 Å². The maximum Gasteiger partial charge on any atom is 0.323 e. The smallest absolute Gasteiger partial charge is 0.323 e. The van der Waals surface area contributed by atoms with Crippen LogP contribution in [0, 0.1) is 17.3 Å². The molecule has 3 nitrogen and oxygen atoms in total. The number of nitrogens with one attached hydrogen (secondary N) is 1. The summed E-state index contributed by atoms with van der Waals surface area (Å²) in [5, 5.41) is 3.19. The van der Waals surface area contributed by atoms with E-state index in [2.05, 4.69) is 19.2 Å². The van der Waals surface area contributed by atoms with Crippen LogP contribution in [-0.4, -0.2) is 25.7 Å². The second-order valence-electron chi connectivity index (χ2n) is 4.36. The van der Waals surface area contributed by atoms with Gasteiger partial charge in [0, 0.05) is 0 Å². The summed E-state index contributed by atoms with van der Waals surface area (Å²) >= 11 is 0. The van der Waals surface area contributed by atoms with Crippen molar-refractivity contribution in [2.45, 2.75) is 19.9 Å². The highest BCUT2D eigenvalue weighted by Gasteiger charge is 2.66. The Hall–Kier alpha value is -0.570. The summed E-state index contributed by atoms with van der Waals surface area (Å²) < 4.78 is 4.72. The molecule has 1 saturated carbocycles. The lowest BCUT2D eigenvalue weighted by molar-refractivity contribution is -0.143. The molecule has 3 atom stereocenters. The van der Waals surface area contributed by atoms with E-state index >= 15 is 0 Å². The lowest BCUT2D eigenvalue weighted by Crippen LogP contribution is -2.38. The molecule has 1 heterocycles. The molecule has 68 valence electrons. The molecular weight excluding hydrogens is 154 g/mol.